The number of benzene rings is 13. The molecule has 0 aliphatic rings. The van der Waals surface area contributed by atoms with Crippen molar-refractivity contribution in [3.63, 3.8) is 0 Å². The molecule has 0 N–H and O–H groups in total. The standard InChI is InChI=1S/C80H52N4/c1-3-21-53(22-4-1)61-25-7-9-27-65(61)71-51-59(83-75-35-17-11-29-67(75)68-30-12-18-36-76(68)83)47-49-63(71)55-39-43-57(44-40-55)79-80(82-74-34-16-15-33-73(74)81-79)58-45-41-56(42-46-58)64-50-48-60(84-77-37-19-13-31-69(77)70-32-14-20-38-78(70)84)52-72(64)66-28-10-8-26-62(66)54-23-5-2-6-24-54/h1-52H. The molecule has 16 aromatic rings. The molecule has 0 unspecified atom stereocenters. The maximum absolute atomic E-state index is 5.41. The van der Waals surface area contributed by atoms with E-state index in [1.54, 1.807) is 0 Å². The van der Waals surface area contributed by atoms with Crippen LogP contribution >= 0.6 is 0 Å². The van der Waals surface area contributed by atoms with Crippen LogP contribution < -0.4 is 0 Å². The van der Waals surface area contributed by atoms with Gasteiger partial charge in [-0.25, -0.2) is 9.97 Å². The van der Waals surface area contributed by atoms with Gasteiger partial charge < -0.3 is 9.13 Å². The Morgan fingerprint density at radius 3 is 0.833 bits per heavy atom. The summed E-state index contributed by atoms with van der Waals surface area (Å²) >= 11 is 0. The second-order valence-electron chi connectivity index (χ2n) is 21.6. The minimum absolute atomic E-state index is 0.831. The van der Waals surface area contributed by atoms with Gasteiger partial charge in [0.05, 0.1) is 44.5 Å². The Morgan fingerprint density at radius 1 is 0.190 bits per heavy atom. The Kier molecular flexibility index (Phi) is 11.8. The fourth-order valence-electron chi connectivity index (χ4n) is 12.9. The molecule has 392 valence electrons. The first-order chi connectivity index (χ1) is 41.7. The van der Waals surface area contributed by atoms with E-state index in [0.29, 0.717) is 0 Å². The van der Waals surface area contributed by atoms with Gasteiger partial charge >= 0.3 is 0 Å². The van der Waals surface area contributed by atoms with Gasteiger partial charge in [0.15, 0.2) is 0 Å². The molecule has 0 atom stereocenters. The van der Waals surface area contributed by atoms with E-state index in [2.05, 4.69) is 312 Å². The molecule has 0 fully saturated rings. The molecule has 0 aliphatic heterocycles. The van der Waals surface area contributed by atoms with Crippen molar-refractivity contribution >= 4 is 54.6 Å². The summed E-state index contributed by atoms with van der Waals surface area (Å²) in [5, 5.41) is 4.95. The molecule has 0 saturated carbocycles. The highest BCUT2D eigenvalue weighted by Crippen LogP contribution is 2.45. The summed E-state index contributed by atoms with van der Waals surface area (Å²) in [5.74, 6) is 0. The minimum Gasteiger partial charge on any atom is -0.309 e. The maximum Gasteiger partial charge on any atom is 0.0973 e. The molecule has 0 amide bonds. The lowest BCUT2D eigenvalue weighted by atomic mass is 9.88. The van der Waals surface area contributed by atoms with E-state index in [1.807, 2.05) is 12.1 Å². The van der Waals surface area contributed by atoms with Crippen LogP contribution in [0.3, 0.4) is 0 Å². The molecule has 3 aromatic heterocycles. The van der Waals surface area contributed by atoms with Gasteiger partial charge in [-0.2, -0.15) is 0 Å². The van der Waals surface area contributed by atoms with Crippen molar-refractivity contribution < 1.29 is 0 Å². The average Bonchev–Trinajstić information content (AvgIpc) is 2.23. The van der Waals surface area contributed by atoms with E-state index in [-0.39, 0.29) is 0 Å². The third-order valence-corrected chi connectivity index (χ3v) is 16.8. The normalized spacial score (nSPS) is 11.6. The molecule has 0 aliphatic carbocycles. The van der Waals surface area contributed by atoms with Crippen LogP contribution in [0.1, 0.15) is 0 Å². The highest BCUT2D eigenvalue weighted by atomic mass is 15.0. The van der Waals surface area contributed by atoms with Crippen LogP contribution in [-0.2, 0) is 0 Å². The monoisotopic (exact) mass is 1070 g/mol. The summed E-state index contributed by atoms with van der Waals surface area (Å²) in [7, 11) is 0. The summed E-state index contributed by atoms with van der Waals surface area (Å²) in [6.07, 6.45) is 0. The molecular weight excluding hydrogens is 1020 g/mol. The smallest absolute Gasteiger partial charge is 0.0973 e. The van der Waals surface area contributed by atoms with Gasteiger partial charge in [0.2, 0.25) is 0 Å². The van der Waals surface area contributed by atoms with Crippen LogP contribution in [0.2, 0.25) is 0 Å². The Bertz CT molecular complexity index is 4740. The van der Waals surface area contributed by atoms with Crippen LogP contribution in [-0.4, -0.2) is 19.1 Å². The average molecular weight is 1070 g/mol. The van der Waals surface area contributed by atoms with Crippen molar-refractivity contribution in [3.8, 4) is 101 Å². The summed E-state index contributed by atoms with van der Waals surface area (Å²) in [4.78, 5) is 10.8. The van der Waals surface area contributed by atoms with Crippen LogP contribution in [0.4, 0.5) is 0 Å². The van der Waals surface area contributed by atoms with Gasteiger partial charge in [-0.15, -0.1) is 0 Å². The van der Waals surface area contributed by atoms with Crippen LogP contribution in [0.5, 0.6) is 0 Å². The first-order valence-corrected chi connectivity index (χ1v) is 28.7. The van der Waals surface area contributed by atoms with E-state index in [0.717, 1.165) is 78.3 Å². The predicted molar refractivity (Wildman–Crippen MR) is 352 cm³/mol. The first kappa shape index (κ1) is 48.7. The lowest BCUT2D eigenvalue weighted by Crippen LogP contribution is -1.98. The molecule has 3 heterocycles. The number of aromatic nitrogens is 4. The third kappa shape index (κ3) is 8.30. The number of hydrogen-bond acceptors (Lipinski definition) is 2. The molecule has 0 spiro atoms. The van der Waals surface area contributed by atoms with Gasteiger partial charge in [-0.05, 0) is 127 Å². The summed E-state index contributed by atoms with van der Waals surface area (Å²) in [6, 6.07) is 114. The summed E-state index contributed by atoms with van der Waals surface area (Å²) in [6.45, 7) is 0. The third-order valence-electron chi connectivity index (χ3n) is 16.8. The number of nitrogens with zero attached hydrogens (tertiary/aromatic N) is 4. The fraction of sp³-hybridized carbons (Fsp3) is 0. The Morgan fingerprint density at radius 2 is 0.464 bits per heavy atom. The van der Waals surface area contributed by atoms with E-state index in [4.69, 9.17) is 9.97 Å². The molecule has 0 bridgehead atoms. The molecule has 4 heteroatoms. The molecular formula is C80H52N4. The molecule has 0 saturated heterocycles. The van der Waals surface area contributed by atoms with Crippen molar-refractivity contribution in [2.45, 2.75) is 0 Å². The zero-order valence-electron chi connectivity index (χ0n) is 45.8. The van der Waals surface area contributed by atoms with Crippen LogP contribution in [0, 0.1) is 0 Å². The second kappa shape index (κ2) is 20.4. The van der Waals surface area contributed by atoms with Crippen molar-refractivity contribution in [1.82, 2.24) is 19.1 Å². The van der Waals surface area contributed by atoms with E-state index >= 15 is 0 Å². The maximum atomic E-state index is 5.41. The Labute approximate surface area is 487 Å². The SMILES string of the molecule is c1ccc(-c2ccccc2-c2cc(-n3c4ccccc4c4ccccc43)ccc2-c2ccc(-c3nc4ccccc4nc3-c3ccc(-c4ccc(-n5c6ccccc6c6ccccc65)cc4-c4ccccc4-c4ccccc4)cc3)cc2)cc1. The second-order valence-corrected chi connectivity index (χ2v) is 21.6. The number of fused-ring (bicyclic) bond motifs is 7. The molecule has 13 aromatic carbocycles. The fourth-order valence-corrected chi connectivity index (χ4v) is 12.9. The predicted octanol–water partition coefficient (Wildman–Crippen LogP) is 21.2. The zero-order valence-corrected chi connectivity index (χ0v) is 45.8. The van der Waals surface area contributed by atoms with Gasteiger partial charge in [0.1, 0.15) is 0 Å². The van der Waals surface area contributed by atoms with Crippen LogP contribution in [0.15, 0.2) is 315 Å². The summed E-state index contributed by atoms with van der Waals surface area (Å²) < 4.78 is 4.82. The van der Waals surface area contributed by atoms with E-state index < -0.39 is 0 Å². The quantitative estimate of drug-likeness (QED) is 0.137. The zero-order chi connectivity index (χ0) is 55.5. The van der Waals surface area contributed by atoms with Crippen molar-refractivity contribution in [1.29, 1.82) is 0 Å². The van der Waals surface area contributed by atoms with E-state index in [1.165, 1.54) is 77.0 Å². The van der Waals surface area contributed by atoms with Crippen molar-refractivity contribution in [2.75, 3.05) is 0 Å². The Balaban J connectivity index is 0.816. The minimum atomic E-state index is 0.831. The molecule has 4 nitrogen and oxygen atoms in total. The number of para-hydroxylation sites is 6. The molecule has 16 rings (SSSR count). The molecule has 84 heavy (non-hydrogen) atoms. The lowest BCUT2D eigenvalue weighted by molar-refractivity contribution is 1.18. The largest absolute Gasteiger partial charge is 0.309 e. The highest BCUT2D eigenvalue weighted by Gasteiger charge is 2.21. The van der Waals surface area contributed by atoms with Gasteiger partial charge in [-0.3, -0.25) is 0 Å². The molecule has 0 radical (unpaired) electrons. The van der Waals surface area contributed by atoms with Gasteiger partial charge in [0.25, 0.3) is 0 Å². The van der Waals surface area contributed by atoms with Crippen molar-refractivity contribution in [3.05, 3.63) is 315 Å². The van der Waals surface area contributed by atoms with Crippen LogP contribution in [0.25, 0.3) is 155 Å². The lowest BCUT2D eigenvalue weighted by Gasteiger charge is -2.18. The van der Waals surface area contributed by atoms with Gasteiger partial charge in [-0.1, -0.05) is 255 Å². The Hall–Kier alpha value is -11.2. The highest BCUT2D eigenvalue weighted by molar-refractivity contribution is 6.11. The first-order valence-electron chi connectivity index (χ1n) is 28.7. The van der Waals surface area contributed by atoms with E-state index in [9.17, 15) is 0 Å². The number of rotatable bonds is 10. The van der Waals surface area contributed by atoms with Crippen molar-refractivity contribution in [2.24, 2.45) is 0 Å². The van der Waals surface area contributed by atoms with Gasteiger partial charge in [0, 0.05) is 44.0 Å². The summed E-state index contributed by atoms with van der Waals surface area (Å²) in [5.41, 5.74) is 26.1. The topological polar surface area (TPSA) is 35.6 Å². The number of hydrogen-bond donors (Lipinski definition) is 0.